The van der Waals surface area contributed by atoms with Crippen molar-refractivity contribution < 1.29 is 28.2 Å². The van der Waals surface area contributed by atoms with Gasteiger partial charge in [-0.1, -0.05) is 6.07 Å². The fourth-order valence-electron chi connectivity index (χ4n) is 4.62. The van der Waals surface area contributed by atoms with Crippen LogP contribution < -0.4 is 10.2 Å². The summed E-state index contributed by atoms with van der Waals surface area (Å²) in [6, 6.07) is 7.68. The number of carbonyl (C=O) groups excluding carboxylic acids is 1. The Morgan fingerprint density at radius 1 is 1.12 bits per heavy atom. The number of benzene rings is 2. The minimum atomic E-state index is -0.757. The number of phenolic OH excluding ortho intramolecular Hbond substituents is 1. The van der Waals surface area contributed by atoms with E-state index in [1.54, 1.807) is 24.0 Å². The SMILES string of the molecule is CCOc1cc(C2c3c(oc4ccc(F)cc4c3=O)C(=O)N2CCN2CCOCC2)ccc1O. The highest BCUT2D eigenvalue weighted by atomic mass is 19.1. The number of morpholine rings is 1. The van der Waals surface area contributed by atoms with Gasteiger partial charge in [0.2, 0.25) is 5.76 Å². The van der Waals surface area contributed by atoms with E-state index < -0.39 is 23.2 Å². The fraction of sp³-hybridized carbons (Fsp3) is 0.360. The Labute approximate surface area is 195 Å². The molecule has 1 unspecified atom stereocenters. The van der Waals surface area contributed by atoms with Gasteiger partial charge in [0.15, 0.2) is 16.9 Å². The first-order chi connectivity index (χ1) is 16.5. The summed E-state index contributed by atoms with van der Waals surface area (Å²) in [6.45, 7) is 5.85. The van der Waals surface area contributed by atoms with Crippen molar-refractivity contribution in [3.05, 3.63) is 69.3 Å². The second kappa shape index (κ2) is 9.08. The number of carbonyl (C=O) groups is 1. The summed E-state index contributed by atoms with van der Waals surface area (Å²) in [7, 11) is 0. The van der Waals surface area contributed by atoms with Crippen LogP contribution >= 0.6 is 0 Å². The maximum atomic E-state index is 13.9. The van der Waals surface area contributed by atoms with Crippen LogP contribution in [0.15, 0.2) is 45.6 Å². The highest BCUT2D eigenvalue weighted by Crippen LogP contribution is 2.40. The van der Waals surface area contributed by atoms with Crippen LogP contribution in [0.4, 0.5) is 4.39 Å². The van der Waals surface area contributed by atoms with Gasteiger partial charge in [0.1, 0.15) is 11.4 Å². The average molecular weight is 468 g/mol. The van der Waals surface area contributed by atoms with Gasteiger partial charge in [0, 0.05) is 26.2 Å². The molecule has 0 bridgehead atoms. The summed E-state index contributed by atoms with van der Waals surface area (Å²) in [6.07, 6.45) is 0. The highest BCUT2D eigenvalue weighted by Gasteiger charge is 2.43. The molecule has 2 aromatic carbocycles. The van der Waals surface area contributed by atoms with Crippen LogP contribution in [0.5, 0.6) is 11.5 Å². The topological polar surface area (TPSA) is 92.5 Å². The lowest BCUT2D eigenvalue weighted by Crippen LogP contribution is -2.42. The van der Waals surface area contributed by atoms with Crippen LogP contribution in [0.3, 0.4) is 0 Å². The minimum Gasteiger partial charge on any atom is -0.504 e. The maximum absolute atomic E-state index is 13.9. The lowest BCUT2D eigenvalue weighted by molar-refractivity contribution is 0.0314. The van der Waals surface area contributed by atoms with Gasteiger partial charge in [-0.15, -0.1) is 0 Å². The van der Waals surface area contributed by atoms with Gasteiger partial charge in [-0.3, -0.25) is 14.5 Å². The van der Waals surface area contributed by atoms with Crippen LogP contribution in [0.1, 0.15) is 34.6 Å². The number of aromatic hydroxyl groups is 1. The van der Waals surface area contributed by atoms with Crippen molar-refractivity contribution in [1.29, 1.82) is 0 Å². The fourth-order valence-corrected chi connectivity index (χ4v) is 4.62. The molecule has 34 heavy (non-hydrogen) atoms. The Hall–Kier alpha value is -3.43. The number of halogens is 1. The molecular weight excluding hydrogens is 443 g/mol. The normalized spacial score (nSPS) is 18.5. The highest BCUT2D eigenvalue weighted by molar-refractivity contribution is 5.99. The summed E-state index contributed by atoms with van der Waals surface area (Å²) in [5.41, 5.74) is 0.471. The van der Waals surface area contributed by atoms with E-state index in [2.05, 4.69) is 4.90 Å². The van der Waals surface area contributed by atoms with Gasteiger partial charge < -0.3 is 23.9 Å². The Bertz CT molecular complexity index is 1300. The molecule has 9 heteroatoms. The molecule has 1 N–H and O–H groups in total. The Balaban J connectivity index is 1.62. The first-order valence-electron chi connectivity index (χ1n) is 11.3. The standard InChI is InChI=1S/C25H25FN2O6/c1-2-33-20-13-15(3-5-18(20)29)22-21-23(30)17-14-16(26)4-6-19(17)34-24(21)25(31)28(22)8-7-27-9-11-32-12-10-27/h3-6,13-14,22,29H,2,7-12H2,1H3. The van der Waals surface area contributed by atoms with Crippen molar-refractivity contribution in [3.63, 3.8) is 0 Å². The summed E-state index contributed by atoms with van der Waals surface area (Å²) >= 11 is 0. The average Bonchev–Trinajstić information content (AvgIpc) is 3.12. The predicted molar refractivity (Wildman–Crippen MR) is 122 cm³/mol. The van der Waals surface area contributed by atoms with Gasteiger partial charge in [-0.05, 0) is 42.8 Å². The molecule has 5 rings (SSSR count). The zero-order valence-electron chi connectivity index (χ0n) is 18.8. The van der Waals surface area contributed by atoms with Gasteiger partial charge in [0.25, 0.3) is 5.91 Å². The largest absolute Gasteiger partial charge is 0.504 e. The van der Waals surface area contributed by atoms with Gasteiger partial charge >= 0.3 is 0 Å². The van der Waals surface area contributed by atoms with Crippen LogP contribution in [0, 0.1) is 5.82 Å². The third kappa shape index (κ3) is 3.91. The molecule has 2 aliphatic rings. The summed E-state index contributed by atoms with van der Waals surface area (Å²) in [5.74, 6) is -0.786. The van der Waals surface area contributed by atoms with E-state index in [0.717, 1.165) is 19.2 Å². The molecule has 0 spiro atoms. The molecule has 0 aliphatic carbocycles. The second-order valence-corrected chi connectivity index (χ2v) is 8.33. The van der Waals surface area contributed by atoms with Crippen molar-refractivity contribution in [2.45, 2.75) is 13.0 Å². The molecule has 1 saturated heterocycles. The molecule has 178 valence electrons. The molecule has 0 saturated carbocycles. The zero-order valence-corrected chi connectivity index (χ0v) is 18.8. The predicted octanol–water partition coefficient (Wildman–Crippen LogP) is 2.91. The van der Waals surface area contributed by atoms with Crippen molar-refractivity contribution in [2.24, 2.45) is 0 Å². The molecule has 1 aromatic heterocycles. The summed E-state index contributed by atoms with van der Waals surface area (Å²) in [4.78, 5) is 30.8. The van der Waals surface area contributed by atoms with Gasteiger partial charge in [-0.2, -0.15) is 0 Å². The Kier molecular flexibility index (Phi) is 5.97. The number of hydrogen-bond donors (Lipinski definition) is 1. The number of phenols is 1. The van der Waals surface area contributed by atoms with Crippen LogP contribution in [-0.4, -0.2) is 66.8 Å². The molecular formula is C25H25FN2O6. The lowest BCUT2D eigenvalue weighted by atomic mass is 9.98. The van der Waals surface area contributed by atoms with E-state index in [4.69, 9.17) is 13.9 Å². The van der Waals surface area contributed by atoms with Crippen molar-refractivity contribution >= 4 is 16.9 Å². The lowest BCUT2D eigenvalue weighted by Gasteiger charge is -2.31. The number of nitrogens with zero attached hydrogens (tertiary/aromatic N) is 2. The smallest absolute Gasteiger partial charge is 0.290 e. The third-order valence-electron chi connectivity index (χ3n) is 6.29. The minimum absolute atomic E-state index is 0.0392. The van der Waals surface area contributed by atoms with E-state index >= 15 is 0 Å². The van der Waals surface area contributed by atoms with E-state index in [1.807, 2.05) is 0 Å². The summed E-state index contributed by atoms with van der Waals surface area (Å²) < 4.78 is 30.7. The Morgan fingerprint density at radius 3 is 2.68 bits per heavy atom. The van der Waals surface area contributed by atoms with Gasteiger partial charge in [-0.25, -0.2) is 4.39 Å². The quantitative estimate of drug-likeness (QED) is 0.595. The van der Waals surface area contributed by atoms with Crippen molar-refractivity contribution in [2.75, 3.05) is 46.0 Å². The number of hydrogen-bond acceptors (Lipinski definition) is 7. The van der Waals surface area contributed by atoms with E-state index in [-0.39, 0.29) is 33.8 Å². The molecule has 3 heterocycles. The first kappa shape index (κ1) is 22.4. The molecule has 0 radical (unpaired) electrons. The van der Waals surface area contributed by atoms with Crippen molar-refractivity contribution in [1.82, 2.24) is 9.80 Å². The monoisotopic (exact) mass is 468 g/mol. The second-order valence-electron chi connectivity index (χ2n) is 8.33. The van der Waals surface area contributed by atoms with Gasteiger partial charge in [0.05, 0.1) is 36.8 Å². The Morgan fingerprint density at radius 2 is 1.91 bits per heavy atom. The van der Waals surface area contributed by atoms with E-state index in [1.165, 1.54) is 18.2 Å². The molecule has 1 atom stereocenters. The number of fused-ring (bicyclic) bond motifs is 2. The van der Waals surface area contributed by atoms with Crippen molar-refractivity contribution in [3.8, 4) is 11.5 Å². The molecule has 8 nitrogen and oxygen atoms in total. The molecule has 3 aromatic rings. The number of ether oxygens (including phenoxy) is 2. The molecule has 1 fully saturated rings. The summed E-state index contributed by atoms with van der Waals surface area (Å²) in [5, 5.41) is 10.3. The first-order valence-corrected chi connectivity index (χ1v) is 11.3. The molecule has 2 aliphatic heterocycles. The van der Waals surface area contributed by atoms with E-state index in [0.29, 0.717) is 38.5 Å². The molecule has 1 amide bonds. The van der Waals surface area contributed by atoms with Crippen LogP contribution in [0.25, 0.3) is 11.0 Å². The number of rotatable bonds is 6. The van der Waals surface area contributed by atoms with Crippen LogP contribution in [0.2, 0.25) is 0 Å². The third-order valence-corrected chi connectivity index (χ3v) is 6.29. The van der Waals surface area contributed by atoms with E-state index in [9.17, 15) is 19.1 Å². The van der Waals surface area contributed by atoms with Crippen LogP contribution in [-0.2, 0) is 4.74 Å². The maximum Gasteiger partial charge on any atom is 0.290 e. The zero-order chi connectivity index (χ0) is 23.8. The number of amides is 1.